The molecule has 0 aromatic heterocycles. The van der Waals surface area contributed by atoms with Gasteiger partial charge in [0.1, 0.15) is 0 Å². The molecule has 0 fully saturated rings. The van der Waals surface area contributed by atoms with E-state index in [2.05, 4.69) is 147 Å². The SMILES string of the molecule is Sc1ccc2cc(C3(c4ccc5cc(S)ccc5c4)c4ccccc4-c4ccccc43)ccc2c1. The Morgan fingerprint density at radius 1 is 0.400 bits per heavy atom. The summed E-state index contributed by atoms with van der Waals surface area (Å²) < 4.78 is 0. The fraction of sp³-hybridized carbons (Fsp3) is 0.0303. The minimum Gasteiger partial charge on any atom is -0.143 e. The zero-order chi connectivity index (χ0) is 23.6. The van der Waals surface area contributed by atoms with E-state index in [1.165, 1.54) is 54.9 Å². The zero-order valence-corrected chi connectivity index (χ0v) is 20.7. The van der Waals surface area contributed by atoms with Gasteiger partial charge in [0.2, 0.25) is 0 Å². The molecule has 0 saturated heterocycles. The van der Waals surface area contributed by atoms with Gasteiger partial charge in [-0.05, 0) is 91.3 Å². The van der Waals surface area contributed by atoms with Gasteiger partial charge < -0.3 is 0 Å². The molecule has 0 saturated carbocycles. The lowest BCUT2D eigenvalue weighted by atomic mass is 9.67. The third-order valence-corrected chi connectivity index (χ3v) is 8.02. The van der Waals surface area contributed by atoms with Crippen LogP contribution in [-0.4, -0.2) is 0 Å². The first kappa shape index (κ1) is 20.9. The van der Waals surface area contributed by atoms with Gasteiger partial charge in [-0.25, -0.2) is 0 Å². The third-order valence-electron chi connectivity index (χ3n) is 7.47. The van der Waals surface area contributed by atoms with Gasteiger partial charge in [0.25, 0.3) is 0 Å². The Balaban J connectivity index is 1.62. The Hall–Kier alpha value is -3.46. The summed E-state index contributed by atoms with van der Waals surface area (Å²) in [4.78, 5) is 1.96. The van der Waals surface area contributed by atoms with E-state index in [1.807, 2.05) is 0 Å². The average Bonchev–Trinajstić information content (AvgIpc) is 3.19. The molecule has 6 aromatic carbocycles. The maximum Gasteiger partial charge on any atom is 0.0714 e. The molecule has 0 bridgehead atoms. The van der Waals surface area contributed by atoms with Crippen molar-refractivity contribution in [3.63, 3.8) is 0 Å². The fourth-order valence-corrected chi connectivity index (χ4v) is 6.38. The minimum absolute atomic E-state index is 0.408. The molecule has 0 atom stereocenters. The smallest absolute Gasteiger partial charge is 0.0714 e. The van der Waals surface area contributed by atoms with Crippen LogP contribution < -0.4 is 0 Å². The molecule has 7 rings (SSSR count). The first-order chi connectivity index (χ1) is 17.1. The van der Waals surface area contributed by atoms with Crippen LogP contribution in [0, 0.1) is 0 Å². The number of benzene rings is 6. The van der Waals surface area contributed by atoms with Crippen LogP contribution in [0.25, 0.3) is 32.7 Å². The van der Waals surface area contributed by atoms with Gasteiger partial charge in [0.05, 0.1) is 5.41 Å². The van der Waals surface area contributed by atoms with Gasteiger partial charge in [-0.3, -0.25) is 0 Å². The minimum atomic E-state index is -0.408. The maximum absolute atomic E-state index is 4.56. The van der Waals surface area contributed by atoms with Gasteiger partial charge >= 0.3 is 0 Å². The molecule has 0 nitrogen and oxygen atoms in total. The number of hydrogen-bond acceptors (Lipinski definition) is 2. The van der Waals surface area contributed by atoms with Gasteiger partial charge in [0.15, 0.2) is 0 Å². The highest BCUT2D eigenvalue weighted by molar-refractivity contribution is 7.80. The molecule has 35 heavy (non-hydrogen) atoms. The molecule has 0 spiro atoms. The monoisotopic (exact) mass is 482 g/mol. The molecule has 2 heteroatoms. The number of rotatable bonds is 2. The first-order valence-electron chi connectivity index (χ1n) is 11.8. The van der Waals surface area contributed by atoms with Crippen LogP contribution in [0.3, 0.4) is 0 Å². The Kier molecular flexibility index (Phi) is 4.64. The van der Waals surface area contributed by atoms with E-state index in [4.69, 9.17) is 0 Å². The van der Waals surface area contributed by atoms with E-state index in [9.17, 15) is 0 Å². The van der Waals surface area contributed by atoms with Crippen molar-refractivity contribution in [2.45, 2.75) is 15.2 Å². The lowest BCUT2D eigenvalue weighted by molar-refractivity contribution is 0.771. The molecule has 6 aromatic rings. The number of hydrogen-bond donors (Lipinski definition) is 2. The largest absolute Gasteiger partial charge is 0.143 e. The summed E-state index contributed by atoms with van der Waals surface area (Å²) in [5.41, 5.74) is 7.42. The van der Waals surface area contributed by atoms with E-state index in [0.717, 1.165) is 9.79 Å². The van der Waals surface area contributed by atoms with Crippen LogP contribution in [0.5, 0.6) is 0 Å². The van der Waals surface area contributed by atoms with Crippen molar-refractivity contribution in [3.05, 3.63) is 144 Å². The Morgan fingerprint density at radius 2 is 0.800 bits per heavy atom. The molecule has 0 N–H and O–H groups in total. The lowest BCUT2D eigenvalue weighted by Crippen LogP contribution is -2.28. The van der Waals surface area contributed by atoms with E-state index in [0.29, 0.717) is 0 Å². The second-order valence-electron chi connectivity index (χ2n) is 9.33. The van der Waals surface area contributed by atoms with Crippen molar-refractivity contribution in [1.82, 2.24) is 0 Å². The molecule has 1 aliphatic rings. The van der Waals surface area contributed by atoms with E-state index < -0.39 is 5.41 Å². The van der Waals surface area contributed by atoms with Gasteiger partial charge in [-0.1, -0.05) is 84.9 Å². The van der Waals surface area contributed by atoms with E-state index >= 15 is 0 Å². The molecule has 0 aliphatic heterocycles. The Bertz CT molecular complexity index is 1650. The van der Waals surface area contributed by atoms with Crippen LogP contribution in [0.4, 0.5) is 0 Å². The normalized spacial score (nSPS) is 13.7. The fourth-order valence-electron chi connectivity index (χ4n) is 5.96. The summed E-state index contributed by atoms with van der Waals surface area (Å²) in [6, 6.07) is 44.3. The van der Waals surface area contributed by atoms with Gasteiger partial charge in [-0.2, -0.15) is 0 Å². The second-order valence-corrected chi connectivity index (χ2v) is 10.4. The molecular weight excluding hydrogens is 460 g/mol. The standard InChI is InChI=1S/C33H22S2/c34-27-15-11-21-17-25(13-9-23(21)19-27)33(26-14-10-24-20-28(35)16-12-22(24)18-26)31-7-3-1-5-29(31)30-6-2-4-8-32(30)33/h1-20,34-35H. The van der Waals surface area contributed by atoms with Crippen molar-refractivity contribution in [1.29, 1.82) is 0 Å². The maximum atomic E-state index is 4.56. The van der Waals surface area contributed by atoms with Crippen LogP contribution in [0.2, 0.25) is 0 Å². The summed E-state index contributed by atoms with van der Waals surface area (Å²) in [5.74, 6) is 0. The van der Waals surface area contributed by atoms with Gasteiger partial charge in [0, 0.05) is 9.79 Å². The summed E-state index contributed by atoms with van der Waals surface area (Å²) in [6.07, 6.45) is 0. The summed E-state index contributed by atoms with van der Waals surface area (Å²) in [6.45, 7) is 0. The second kappa shape index (κ2) is 7.78. The van der Waals surface area contributed by atoms with Crippen LogP contribution >= 0.6 is 25.3 Å². The van der Waals surface area contributed by atoms with Crippen LogP contribution in [-0.2, 0) is 5.41 Å². The van der Waals surface area contributed by atoms with E-state index in [1.54, 1.807) is 0 Å². The summed E-state index contributed by atoms with van der Waals surface area (Å²) in [5, 5.41) is 4.86. The molecule has 166 valence electrons. The average molecular weight is 483 g/mol. The Labute approximate surface area is 216 Å². The van der Waals surface area contributed by atoms with Crippen molar-refractivity contribution in [2.24, 2.45) is 0 Å². The Morgan fingerprint density at radius 3 is 1.29 bits per heavy atom. The van der Waals surface area contributed by atoms with Gasteiger partial charge in [-0.15, -0.1) is 25.3 Å². The molecular formula is C33H22S2. The summed E-state index contributed by atoms with van der Waals surface area (Å²) in [7, 11) is 0. The number of thiol groups is 2. The van der Waals surface area contributed by atoms with Crippen LogP contribution in [0.15, 0.2) is 131 Å². The lowest BCUT2D eigenvalue weighted by Gasteiger charge is -2.34. The van der Waals surface area contributed by atoms with E-state index in [-0.39, 0.29) is 0 Å². The van der Waals surface area contributed by atoms with Crippen LogP contribution in [0.1, 0.15) is 22.3 Å². The highest BCUT2D eigenvalue weighted by atomic mass is 32.1. The highest BCUT2D eigenvalue weighted by Crippen LogP contribution is 2.56. The van der Waals surface area contributed by atoms with Crippen molar-refractivity contribution in [3.8, 4) is 11.1 Å². The van der Waals surface area contributed by atoms with Crippen molar-refractivity contribution in [2.75, 3.05) is 0 Å². The highest BCUT2D eigenvalue weighted by Gasteiger charge is 2.45. The molecule has 0 heterocycles. The molecule has 0 radical (unpaired) electrons. The predicted octanol–water partition coefficient (Wildman–Crippen LogP) is 8.93. The van der Waals surface area contributed by atoms with Crippen molar-refractivity contribution >= 4 is 46.8 Å². The molecule has 1 aliphatic carbocycles. The first-order valence-corrected chi connectivity index (χ1v) is 12.7. The molecule has 0 unspecified atom stereocenters. The zero-order valence-electron chi connectivity index (χ0n) is 18.9. The topological polar surface area (TPSA) is 0 Å². The van der Waals surface area contributed by atoms with Crippen molar-refractivity contribution < 1.29 is 0 Å². The molecule has 0 amide bonds. The summed E-state index contributed by atoms with van der Waals surface area (Å²) >= 11 is 9.12. The number of fused-ring (bicyclic) bond motifs is 5. The predicted molar refractivity (Wildman–Crippen MR) is 153 cm³/mol. The quantitative estimate of drug-likeness (QED) is 0.226. The third kappa shape index (κ3) is 3.03.